The summed E-state index contributed by atoms with van der Waals surface area (Å²) in [6.45, 7) is 4.18. The monoisotopic (exact) mass is 403 g/mol. The van der Waals surface area contributed by atoms with Crippen LogP contribution in [0.5, 0.6) is 0 Å². The molecule has 0 aliphatic rings. The first kappa shape index (κ1) is 19.2. The molecular weight excluding hydrogens is 382 g/mol. The molecule has 0 aliphatic carbocycles. The Kier molecular flexibility index (Phi) is 5.36. The standard InChI is InChI=1S/C24H22ClN3O/c1-16-8-7-9-17(2)24(16)27-23(29)15-28-21-13-6-5-12-20(21)26-22(28)14-18-10-3-4-11-19(18)25/h3-13H,14-15H2,1-2H3,(H,27,29). The van der Waals surface area contributed by atoms with Crippen molar-refractivity contribution in [2.45, 2.75) is 26.8 Å². The van der Waals surface area contributed by atoms with Crippen LogP contribution in [0.25, 0.3) is 11.0 Å². The Morgan fingerprint density at radius 3 is 2.41 bits per heavy atom. The Morgan fingerprint density at radius 2 is 1.66 bits per heavy atom. The molecule has 0 unspecified atom stereocenters. The molecule has 0 bridgehead atoms. The second-order valence-corrected chi connectivity index (χ2v) is 7.59. The fourth-order valence-electron chi connectivity index (χ4n) is 3.58. The van der Waals surface area contributed by atoms with E-state index in [1.807, 2.05) is 85.1 Å². The van der Waals surface area contributed by atoms with Crippen LogP contribution >= 0.6 is 11.6 Å². The predicted molar refractivity (Wildman–Crippen MR) is 119 cm³/mol. The summed E-state index contributed by atoms with van der Waals surface area (Å²) in [4.78, 5) is 17.7. The van der Waals surface area contributed by atoms with Gasteiger partial charge in [-0.15, -0.1) is 0 Å². The van der Waals surface area contributed by atoms with Crippen molar-refractivity contribution >= 4 is 34.2 Å². The van der Waals surface area contributed by atoms with Gasteiger partial charge in [0.05, 0.1) is 11.0 Å². The number of hydrogen-bond acceptors (Lipinski definition) is 2. The van der Waals surface area contributed by atoms with Crippen molar-refractivity contribution in [1.82, 2.24) is 9.55 Å². The third-order valence-electron chi connectivity index (χ3n) is 5.09. The number of anilines is 1. The molecule has 1 amide bonds. The molecule has 1 N–H and O–H groups in total. The van der Waals surface area contributed by atoms with E-state index in [0.717, 1.165) is 39.2 Å². The summed E-state index contributed by atoms with van der Waals surface area (Å²) in [6, 6.07) is 21.6. The maximum atomic E-state index is 12.9. The minimum atomic E-state index is -0.0778. The third kappa shape index (κ3) is 4.03. The maximum absolute atomic E-state index is 12.9. The van der Waals surface area contributed by atoms with Crippen molar-refractivity contribution in [3.05, 3.63) is 94.3 Å². The summed E-state index contributed by atoms with van der Waals surface area (Å²) >= 11 is 6.36. The van der Waals surface area contributed by atoms with E-state index in [-0.39, 0.29) is 12.5 Å². The van der Waals surface area contributed by atoms with Gasteiger partial charge < -0.3 is 9.88 Å². The second kappa shape index (κ2) is 8.10. The lowest BCUT2D eigenvalue weighted by Gasteiger charge is -2.14. The van der Waals surface area contributed by atoms with Gasteiger partial charge in [0.2, 0.25) is 5.91 Å². The summed E-state index contributed by atoms with van der Waals surface area (Å²) in [7, 11) is 0. The lowest BCUT2D eigenvalue weighted by molar-refractivity contribution is -0.116. The normalized spacial score (nSPS) is 11.0. The molecule has 4 rings (SSSR count). The highest BCUT2D eigenvalue weighted by Crippen LogP contribution is 2.23. The molecule has 0 aliphatic heterocycles. The molecule has 5 heteroatoms. The van der Waals surface area contributed by atoms with Gasteiger partial charge in [0.1, 0.15) is 12.4 Å². The lowest BCUT2D eigenvalue weighted by Crippen LogP contribution is -2.21. The first-order valence-corrected chi connectivity index (χ1v) is 9.94. The van der Waals surface area contributed by atoms with E-state index in [4.69, 9.17) is 16.6 Å². The van der Waals surface area contributed by atoms with Crippen LogP contribution in [0.4, 0.5) is 5.69 Å². The average molecular weight is 404 g/mol. The number of hydrogen-bond donors (Lipinski definition) is 1. The predicted octanol–water partition coefficient (Wildman–Crippen LogP) is 5.54. The van der Waals surface area contributed by atoms with E-state index in [9.17, 15) is 4.79 Å². The van der Waals surface area contributed by atoms with Gasteiger partial charge in [-0.1, -0.05) is 60.1 Å². The molecule has 0 fully saturated rings. The van der Waals surface area contributed by atoms with Crippen LogP contribution in [0.15, 0.2) is 66.7 Å². The van der Waals surface area contributed by atoms with Crippen molar-refractivity contribution in [2.75, 3.05) is 5.32 Å². The van der Waals surface area contributed by atoms with Gasteiger partial charge in [-0.2, -0.15) is 0 Å². The van der Waals surface area contributed by atoms with E-state index in [1.165, 1.54) is 0 Å². The van der Waals surface area contributed by atoms with Gasteiger partial charge in [0.25, 0.3) is 0 Å². The van der Waals surface area contributed by atoms with Crippen molar-refractivity contribution in [3.63, 3.8) is 0 Å². The van der Waals surface area contributed by atoms with Crippen LogP contribution in [-0.2, 0) is 17.8 Å². The molecular formula is C24H22ClN3O. The Morgan fingerprint density at radius 1 is 0.966 bits per heavy atom. The summed E-state index contributed by atoms with van der Waals surface area (Å²) in [6.07, 6.45) is 0.561. The molecule has 146 valence electrons. The van der Waals surface area contributed by atoms with Crippen LogP contribution in [0, 0.1) is 13.8 Å². The number of para-hydroxylation sites is 3. The number of benzene rings is 3. The minimum Gasteiger partial charge on any atom is -0.324 e. The number of aromatic nitrogens is 2. The van der Waals surface area contributed by atoms with Crippen LogP contribution in [0.3, 0.4) is 0 Å². The third-order valence-corrected chi connectivity index (χ3v) is 5.46. The van der Waals surface area contributed by atoms with Gasteiger partial charge in [-0.05, 0) is 48.7 Å². The first-order valence-electron chi connectivity index (χ1n) is 9.56. The van der Waals surface area contributed by atoms with E-state index >= 15 is 0 Å². The quantitative estimate of drug-likeness (QED) is 0.475. The molecule has 0 atom stereocenters. The summed E-state index contributed by atoms with van der Waals surface area (Å²) in [5.41, 5.74) is 5.76. The van der Waals surface area contributed by atoms with Crippen LogP contribution in [-0.4, -0.2) is 15.5 Å². The minimum absolute atomic E-state index is 0.0778. The topological polar surface area (TPSA) is 46.9 Å². The number of nitrogens with zero attached hydrogens (tertiary/aromatic N) is 2. The van der Waals surface area contributed by atoms with Crippen molar-refractivity contribution < 1.29 is 4.79 Å². The van der Waals surface area contributed by atoms with Gasteiger partial charge in [0.15, 0.2) is 0 Å². The number of rotatable bonds is 5. The van der Waals surface area contributed by atoms with E-state index in [2.05, 4.69) is 5.32 Å². The van der Waals surface area contributed by atoms with Crippen molar-refractivity contribution in [2.24, 2.45) is 0 Å². The molecule has 4 aromatic rings. The number of carbonyl (C=O) groups excluding carboxylic acids is 1. The van der Waals surface area contributed by atoms with Gasteiger partial charge in [-0.25, -0.2) is 4.98 Å². The molecule has 1 aromatic heterocycles. The number of nitrogens with one attached hydrogen (secondary N) is 1. The van der Waals surface area contributed by atoms with E-state index < -0.39 is 0 Å². The number of carbonyl (C=O) groups is 1. The van der Waals surface area contributed by atoms with Crippen LogP contribution < -0.4 is 5.32 Å². The number of halogens is 1. The maximum Gasteiger partial charge on any atom is 0.244 e. The summed E-state index contributed by atoms with van der Waals surface area (Å²) in [5.74, 6) is 0.738. The average Bonchev–Trinajstić information content (AvgIpc) is 3.04. The Balaban J connectivity index is 1.67. The highest BCUT2D eigenvalue weighted by Gasteiger charge is 2.16. The molecule has 0 saturated carbocycles. The fraction of sp³-hybridized carbons (Fsp3) is 0.167. The highest BCUT2D eigenvalue weighted by molar-refractivity contribution is 6.31. The molecule has 0 saturated heterocycles. The Labute approximate surface area is 175 Å². The zero-order valence-corrected chi connectivity index (χ0v) is 17.2. The number of aryl methyl sites for hydroxylation is 2. The summed E-state index contributed by atoms with van der Waals surface area (Å²) < 4.78 is 1.97. The molecule has 0 radical (unpaired) electrons. The molecule has 1 heterocycles. The number of amides is 1. The Bertz CT molecular complexity index is 1180. The molecule has 3 aromatic carbocycles. The second-order valence-electron chi connectivity index (χ2n) is 7.19. The first-order chi connectivity index (χ1) is 14.0. The van der Waals surface area contributed by atoms with E-state index in [1.54, 1.807) is 0 Å². The SMILES string of the molecule is Cc1cccc(C)c1NC(=O)Cn1c(Cc2ccccc2Cl)nc2ccccc21. The zero-order chi connectivity index (χ0) is 20.4. The molecule has 4 nitrogen and oxygen atoms in total. The summed E-state index contributed by atoms with van der Waals surface area (Å²) in [5, 5.41) is 3.77. The van der Waals surface area contributed by atoms with Gasteiger partial charge in [0, 0.05) is 17.1 Å². The van der Waals surface area contributed by atoms with Crippen molar-refractivity contribution in [1.29, 1.82) is 0 Å². The largest absolute Gasteiger partial charge is 0.324 e. The zero-order valence-electron chi connectivity index (χ0n) is 16.4. The number of fused-ring (bicyclic) bond motifs is 1. The van der Waals surface area contributed by atoms with Crippen LogP contribution in [0.2, 0.25) is 5.02 Å². The van der Waals surface area contributed by atoms with E-state index in [0.29, 0.717) is 11.4 Å². The smallest absolute Gasteiger partial charge is 0.244 e. The van der Waals surface area contributed by atoms with Gasteiger partial charge in [-0.3, -0.25) is 4.79 Å². The van der Waals surface area contributed by atoms with Crippen molar-refractivity contribution in [3.8, 4) is 0 Å². The van der Waals surface area contributed by atoms with Crippen LogP contribution in [0.1, 0.15) is 22.5 Å². The molecule has 0 spiro atoms. The highest BCUT2D eigenvalue weighted by atomic mass is 35.5. The Hall–Kier alpha value is -3.11. The fourth-order valence-corrected chi connectivity index (χ4v) is 3.79. The van der Waals surface area contributed by atoms with Gasteiger partial charge >= 0.3 is 0 Å². The molecule has 29 heavy (non-hydrogen) atoms. The number of imidazole rings is 1. The lowest BCUT2D eigenvalue weighted by atomic mass is 10.1.